The molecular formula is C46H52Br2N8O10. The molecule has 0 aliphatic rings. The highest BCUT2D eigenvalue weighted by molar-refractivity contribution is 9.10. The lowest BCUT2D eigenvalue weighted by molar-refractivity contribution is -0.140. The number of hydrogen-bond donors (Lipinski definition) is 8. The molecule has 20 heteroatoms. The van der Waals surface area contributed by atoms with Gasteiger partial charge >= 0.3 is 11.9 Å². The molecule has 6 aromatic rings. The number of aromatic nitrogens is 6. The zero-order valence-electron chi connectivity index (χ0n) is 36.4. The number of aliphatic hydroxyl groups excluding tert-OH is 2. The van der Waals surface area contributed by atoms with Gasteiger partial charge in [0.1, 0.15) is 13.2 Å². The van der Waals surface area contributed by atoms with Crippen LogP contribution in [0.1, 0.15) is 57.6 Å². The summed E-state index contributed by atoms with van der Waals surface area (Å²) in [5.74, 6) is -0.855. The van der Waals surface area contributed by atoms with E-state index >= 15 is 0 Å². The molecule has 0 bridgehead atoms. The SMILES string of the molecule is Cc1c(COc2nc(OCCc3cc[nH]n3)c(CNC[C@@H](O)CC(=O)O)cc2Br)cccc1-c1cccc(COc2nc(OCCc3cc[nH]n3)c(CNC[C@@H](O)CC(=O)O)cc2Br)c1C. The third kappa shape index (κ3) is 14.6. The Bertz CT molecular complexity index is 2350. The Kier molecular flexibility index (Phi) is 18.4. The second-order valence-corrected chi connectivity index (χ2v) is 17.0. The molecule has 66 heavy (non-hydrogen) atoms. The summed E-state index contributed by atoms with van der Waals surface area (Å²) in [6.45, 7) is 5.76. The van der Waals surface area contributed by atoms with Crippen molar-refractivity contribution in [3.63, 3.8) is 0 Å². The lowest BCUT2D eigenvalue weighted by atomic mass is 9.92. The molecule has 2 aromatic carbocycles. The minimum atomic E-state index is -1.08. The second kappa shape index (κ2) is 24.6. The summed E-state index contributed by atoms with van der Waals surface area (Å²) in [6.07, 6.45) is 1.70. The smallest absolute Gasteiger partial charge is 0.306 e. The van der Waals surface area contributed by atoms with Crippen LogP contribution in [0.25, 0.3) is 11.1 Å². The van der Waals surface area contributed by atoms with E-state index in [0.717, 1.165) is 44.8 Å². The van der Waals surface area contributed by atoms with Crippen molar-refractivity contribution in [2.24, 2.45) is 0 Å². The summed E-state index contributed by atoms with van der Waals surface area (Å²) >= 11 is 7.22. The Balaban J connectivity index is 1.15. The summed E-state index contributed by atoms with van der Waals surface area (Å²) in [4.78, 5) is 31.5. The van der Waals surface area contributed by atoms with Gasteiger partial charge in [-0.1, -0.05) is 36.4 Å². The molecule has 0 saturated heterocycles. The first-order valence-corrected chi connectivity index (χ1v) is 22.7. The lowest BCUT2D eigenvalue weighted by Gasteiger charge is -2.18. The minimum Gasteiger partial charge on any atom is -0.481 e. The van der Waals surface area contributed by atoms with E-state index in [9.17, 15) is 19.8 Å². The highest BCUT2D eigenvalue weighted by atomic mass is 79.9. The summed E-state index contributed by atoms with van der Waals surface area (Å²) in [6, 6.07) is 19.5. The lowest BCUT2D eigenvalue weighted by Crippen LogP contribution is -2.28. The van der Waals surface area contributed by atoms with Crippen molar-refractivity contribution in [1.82, 2.24) is 41.0 Å². The normalized spacial score (nSPS) is 12.2. The maximum absolute atomic E-state index is 11.0. The summed E-state index contributed by atoms with van der Waals surface area (Å²) in [7, 11) is 0. The summed E-state index contributed by atoms with van der Waals surface area (Å²) in [5.41, 5.74) is 9.01. The molecule has 0 unspecified atom stereocenters. The number of carboxylic acid groups (broad SMARTS) is 2. The monoisotopic (exact) mass is 1030 g/mol. The molecule has 18 nitrogen and oxygen atoms in total. The van der Waals surface area contributed by atoms with E-state index in [0.29, 0.717) is 69.6 Å². The number of H-pyrrole nitrogens is 2. The average molecular weight is 1040 g/mol. The van der Waals surface area contributed by atoms with E-state index in [-0.39, 0.29) is 52.2 Å². The first-order valence-electron chi connectivity index (χ1n) is 21.1. The fraction of sp³-hybridized carbons (Fsp3) is 0.348. The van der Waals surface area contributed by atoms with Gasteiger partial charge in [-0.05, 0) is 103 Å². The number of aromatic amines is 2. The standard InChI is InChI=1S/C46H52Br2N8O10/c1-27-29(25-65-45-39(47)17-31(21-49-23-35(57)19-41(59)60)43(53-45)63-15-11-33-9-13-51-55-33)5-3-7-37(27)38-8-4-6-30(28(38)2)26-66-46-40(48)18-32(22-50-24-36(58)20-42(61)62)44(54-46)64-16-12-34-10-14-52-56-34/h3-10,13-14,17-18,35-36,49-50,57-58H,11-12,15-16,19-26H2,1-2H3,(H,51,55)(H,52,56)(H,59,60)(H,61,62)/t35-,36-/m0/s1. The van der Waals surface area contributed by atoms with E-state index in [1.807, 2.05) is 62.4 Å². The molecule has 0 amide bonds. The molecule has 2 atom stereocenters. The van der Waals surface area contributed by atoms with Gasteiger partial charge in [0.25, 0.3) is 0 Å². The molecule has 0 aliphatic carbocycles. The van der Waals surface area contributed by atoms with Crippen LogP contribution in [0.2, 0.25) is 0 Å². The average Bonchev–Trinajstić information content (AvgIpc) is 4.00. The topological polar surface area (TPSA) is 259 Å². The number of nitrogens with one attached hydrogen (secondary N) is 4. The first kappa shape index (κ1) is 49.5. The van der Waals surface area contributed by atoms with Crippen LogP contribution in [0, 0.1) is 13.8 Å². The summed E-state index contributed by atoms with van der Waals surface area (Å²) < 4.78 is 26.1. The van der Waals surface area contributed by atoms with Crippen LogP contribution in [0.15, 0.2) is 82.0 Å². The number of aliphatic hydroxyl groups is 2. The number of rotatable bonds is 27. The van der Waals surface area contributed by atoms with Crippen LogP contribution >= 0.6 is 31.9 Å². The summed E-state index contributed by atoms with van der Waals surface area (Å²) in [5, 5.41) is 58.3. The second-order valence-electron chi connectivity index (χ2n) is 15.3. The molecule has 350 valence electrons. The van der Waals surface area contributed by atoms with Gasteiger partial charge in [-0.3, -0.25) is 19.8 Å². The Labute approximate surface area is 397 Å². The predicted molar refractivity (Wildman–Crippen MR) is 249 cm³/mol. The van der Waals surface area contributed by atoms with E-state index in [1.54, 1.807) is 12.4 Å². The first-order chi connectivity index (χ1) is 31.8. The van der Waals surface area contributed by atoms with Crippen LogP contribution in [-0.4, -0.2) is 101 Å². The molecule has 4 aromatic heterocycles. The maximum Gasteiger partial charge on any atom is 0.306 e. The van der Waals surface area contributed by atoms with Gasteiger partial charge < -0.3 is 50.0 Å². The van der Waals surface area contributed by atoms with Gasteiger partial charge in [0, 0.05) is 62.5 Å². The van der Waals surface area contributed by atoms with Gasteiger partial charge in [-0.25, -0.2) is 0 Å². The van der Waals surface area contributed by atoms with Crippen LogP contribution in [-0.2, 0) is 48.7 Å². The maximum atomic E-state index is 11.0. The number of aliphatic carboxylic acids is 2. The van der Waals surface area contributed by atoms with Gasteiger partial charge in [0.2, 0.25) is 23.5 Å². The molecule has 0 spiro atoms. The quantitative estimate of drug-likeness (QED) is 0.0295. The zero-order chi connectivity index (χ0) is 47.0. The fourth-order valence-electron chi connectivity index (χ4n) is 6.91. The van der Waals surface area contributed by atoms with Crippen LogP contribution in [0.5, 0.6) is 23.5 Å². The number of carbonyl (C=O) groups is 2. The Hall–Kier alpha value is -5.90. The number of ether oxygens (including phenoxy) is 4. The molecule has 0 saturated carbocycles. The van der Waals surface area contributed by atoms with Crippen LogP contribution in [0.3, 0.4) is 0 Å². The van der Waals surface area contributed by atoms with Crippen molar-refractivity contribution in [3.8, 4) is 34.6 Å². The van der Waals surface area contributed by atoms with Gasteiger partial charge in [0.15, 0.2) is 0 Å². The number of benzene rings is 2. The van der Waals surface area contributed by atoms with Gasteiger partial charge in [0.05, 0.1) is 58.6 Å². The number of hydrogen-bond acceptors (Lipinski definition) is 14. The van der Waals surface area contributed by atoms with Crippen molar-refractivity contribution in [2.45, 2.75) is 78.0 Å². The third-order valence-electron chi connectivity index (χ3n) is 10.4. The molecule has 0 aliphatic heterocycles. The Morgan fingerprint density at radius 3 is 1.42 bits per heavy atom. The fourth-order valence-corrected chi connectivity index (χ4v) is 7.87. The van der Waals surface area contributed by atoms with E-state index in [2.05, 4.69) is 75.0 Å². The number of carboxylic acids is 2. The van der Waals surface area contributed by atoms with Crippen molar-refractivity contribution in [2.75, 3.05) is 26.3 Å². The molecular weight excluding hydrogens is 984 g/mol. The molecule has 0 fully saturated rings. The van der Waals surface area contributed by atoms with E-state index in [1.165, 1.54) is 0 Å². The number of nitrogens with zero attached hydrogens (tertiary/aromatic N) is 4. The zero-order valence-corrected chi connectivity index (χ0v) is 39.5. The highest BCUT2D eigenvalue weighted by Crippen LogP contribution is 2.35. The molecule has 8 N–H and O–H groups in total. The molecule has 4 heterocycles. The van der Waals surface area contributed by atoms with Gasteiger partial charge in [-0.2, -0.15) is 20.2 Å². The van der Waals surface area contributed by atoms with Crippen molar-refractivity contribution in [3.05, 3.63) is 127 Å². The van der Waals surface area contributed by atoms with E-state index < -0.39 is 24.1 Å². The number of pyridine rings is 2. The highest BCUT2D eigenvalue weighted by Gasteiger charge is 2.19. The van der Waals surface area contributed by atoms with E-state index in [4.69, 9.17) is 39.1 Å². The Morgan fingerprint density at radius 1 is 0.621 bits per heavy atom. The van der Waals surface area contributed by atoms with Crippen LogP contribution < -0.4 is 29.6 Å². The van der Waals surface area contributed by atoms with Gasteiger partial charge in [-0.15, -0.1) is 0 Å². The third-order valence-corrected chi connectivity index (χ3v) is 11.5. The molecule has 0 radical (unpaired) electrons. The van der Waals surface area contributed by atoms with Crippen molar-refractivity contribution < 1.29 is 49.0 Å². The van der Waals surface area contributed by atoms with Crippen LogP contribution in [0.4, 0.5) is 0 Å². The largest absolute Gasteiger partial charge is 0.481 e. The van der Waals surface area contributed by atoms with Crippen molar-refractivity contribution in [1.29, 1.82) is 0 Å². The van der Waals surface area contributed by atoms with Crippen molar-refractivity contribution >= 4 is 43.8 Å². The predicted octanol–water partition coefficient (Wildman–Crippen LogP) is 5.98. The molecule has 6 rings (SSSR count). The number of halogens is 2. The Morgan fingerprint density at radius 2 is 1.05 bits per heavy atom. The minimum absolute atomic E-state index is 0.0692.